The summed E-state index contributed by atoms with van der Waals surface area (Å²) < 4.78 is 28.9. The summed E-state index contributed by atoms with van der Waals surface area (Å²) >= 11 is 0. The average molecular weight is 359 g/mol. The molecule has 0 aromatic heterocycles. The molecule has 0 radical (unpaired) electrons. The van der Waals surface area contributed by atoms with Crippen LogP contribution < -0.4 is 9.62 Å². The van der Waals surface area contributed by atoms with Gasteiger partial charge < -0.3 is 4.90 Å². The third kappa shape index (κ3) is 4.22. The van der Waals surface area contributed by atoms with Crippen molar-refractivity contribution in [2.24, 2.45) is 0 Å². The fraction of sp³-hybridized carbons (Fsp3) is 0.400. The molecule has 1 heterocycles. The Morgan fingerprint density at radius 2 is 1.56 bits per heavy atom. The number of hydrogen-bond acceptors (Lipinski definition) is 3. The Morgan fingerprint density at radius 1 is 0.920 bits per heavy atom. The largest absolute Gasteiger partial charge is 0.370 e. The van der Waals surface area contributed by atoms with Crippen LogP contribution >= 0.6 is 0 Å². The molecule has 0 spiro atoms. The van der Waals surface area contributed by atoms with Gasteiger partial charge >= 0.3 is 0 Å². The summed E-state index contributed by atoms with van der Waals surface area (Å²) in [6, 6.07) is 15.6. The van der Waals surface area contributed by atoms with Gasteiger partial charge in [-0.05, 0) is 56.9 Å². The highest BCUT2D eigenvalue weighted by Gasteiger charge is 2.28. The Balaban J connectivity index is 2.11. The van der Waals surface area contributed by atoms with Crippen molar-refractivity contribution in [3.05, 3.63) is 48.5 Å². The lowest BCUT2D eigenvalue weighted by Gasteiger charge is -2.25. The second-order valence-corrected chi connectivity index (χ2v) is 9.25. The summed E-state index contributed by atoms with van der Waals surface area (Å²) in [5.74, 6) is 0. The van der Waals surface area contributed by atoms with Gasteiger partial charge in [0.1, 0.15) is 4.90 Å². The van der Waals surface area contributed by atoms with Crippen molar-refractivity contribution in [3.8, 4) is 11.1 Å². The Bertz CT molecular complexity index is 834. The van der Waals surface area contributed by atoms with E-state index in [2.05, 4.69) is 9.62 Å². The fourth-order valence-corrected chi connectivity index (χ4v) is 4.89. The molecular weight excluding hydrogens is 332 g/mol. The molecule has 2 aromatic rings. The quantitative estimate of drug-likeness (QED) is 0.898. The zero-order valence-electron chi connectivity index (χ0n) is 15.1. The van der Waals surface area contributed by atoms with Gasteiger partial charge in [-0.15, -0.1) is 0 Å². The SMILES string of the molecule is CC(C)(C)NS(=O)(=O)c1cc(-c2ccccc2)ccc1N1CCCC1. The highest BCUT2D eigenvalue weighted by atomic mass is 32.2. The van der Waals surface area contributed by atoms with Crippen LogP contribution in [0, 0.1) is 0 Å². The van der Waals surface area contributed by atoms with Crippen LogP contribution in [0.5, 0.6) is 0 Å². The second kappa shape index (κ2) is 6.81. The van der Waals surface area contributed by atoms with Gasteiger partial charge in [-0.3, -0.25) is 0 Å². The lowest BCUT2D eigenvalue weighted by Crippen LogP contribution is -2.41. The monoisotopic (exact) mass is 358 g/mol. The van der Waals surface area contributed by atoms with Crippen LogP contribution in [0.15, 0.2) is 53.4 Å². The second-order valence-electron chi connectivity index (χ2n) is 7.60. The maximum absolute atomic E-state index is 13.1. The zero-order valence-corrected chi connectivity index (χ0v) is 15.9. The molecule has 0 saturated carbocycles. The first kappa shape index (κ1) is 18.0. The van der Waals surface area contributed by atoms with Crippen molar-refractivity contribution >= 4 is 15.7 Å². The predicted molar refractivity (Wildman–Crippen MR) is 103 cm³/mol. The number of benzene rings is 2. The van der Waals surface area contributed by atoms with Crippen LogP contribution in [-0.4, -0.2) is 27.0 Å². The first-order valence-corrected chi connectivity index (χ1v) is 10.2. The fourth-order valence-electron chi connectivity index (χ4n) is 3.22. The number of sulfonamides is 1. The third-order valence-electron chi connectivity index (χ3n) is 4.24. The minimum Gasteiger partial charge on any atom is -0.370 e. The lowest BCUT2D eigenvalue weighted by atomic mass is 10.1. The van der Waals surface area contributed by atoms with Gasteiger partial charge in [0.2, 0.25) is 10.0 Å². The van der Waals surface area contributed by atoms with Crippen LogP contribution in [0.25, 0.3) is 11.1 Å². The molecule has 0 aliphatic carbocycles. The molecule has 1 saturated heterocycles. The molecule has 134 valence electrons. The Kier molecular flexibility index (Phi) is 4.89. The maximum Gasteiger partial charge on any atom is 0.243 e. The van der Waals surface area contributed by atoms with Gasteiger partial charge in [-0.2, -0.15) is 0 Å². The summed E-state index contributed by atoms with van der Waals surface area (Å²) in [6.07, 6.45) is 2.21. The van der Waals surface area contributed by atoms with Gasteiger partial charge in [0.15, 0.2) is 0 Å². The van der Waals surface area contributed by atoms with Crippen molar-refractivity contribution in [3.63, 3.8) is 0 Å². The minimum absolute atomic E-state index is 0.366. The van der Waals surface area contributed by atoms with Crippen LogP contribution in [0.1, 0.15) is 33.6 Å². The molecule has 4 nitrogen and oxygen atoms in total. The van der Waals surface area contributed by atoms with E-state index < -0.39 is 15.6 Å². The molecule has 0 bridgehead atoms. The van der Waals surface area contributed by atoms with E-state index in [9.17, 15) is 8.42 Å². The minimum atomic E-state index is -3.61. The van der Waals surface area contributed by atoms with Gasteiger partial charge in [0, 0.05) is 18.6 Å². The van der Waals surface area contributed by atoms with Gasteiger partial charge in [0.25, 0.3) is 0 Å². The zero-order chi connectivity index (χ0) is 18.1. The molecule has 1 N–H and O–H groups in total. The number of hydrogen-bond donors (Lipinski definition) is 1. The smallest absolute Gasteiger partial charge is 0.243 e. The number of nitrogens with zero attached hydrogens (tertiary/aromatic N) is 1. The van der Waals surface area contributed by atoms with E-state index in [-0.39, 0.29) is 0 Å². The highest BCUT2D eigenvalue weighted by Crippen LogP contribution is 2.33. The van der Waals surface area contributed by atoms with E-state index in [4.69, 9.17) is 0 Å². The lowest BCUT2D eigenvalue weighted by molar-refractivity contribution is 0.491. The number of rotatable bonds is 4. The summed E-state index contributed by atoms with van der Waals surface area (Å²) in [7, 11) is -3.61. The molecule has 2 aromatic carbocycles. The van der Waals surface area contributed by atoms with Gasteiger partial charge in [-0.25, -0.2) is 13.1 Å². The summed E-state index contributed by atoms with van der Waals surface area (Å²) in [4.78, 5) is 2.54. The molecular formula is C20H26N2O2S. The molecule has 0 amide bonds. The van der Waals surface area contributed by atoms with E-state index >= 15 is 0 Å². The molecule has 0 atom stereocenters. The van der Waals surface area contributed by atoms with E-state index in [0.717, 1.165) is 42.7 Å². The van der Waals surface area contributed by atoms with E-state index in [1.54, 1.807) is 6.07 Å². The topological polar surface area (TPSA) is 49.4 Å². The van der Waals surface area contributed by atoms with Crippen LogP contribution in [0.3, 0.4) is 0 Å². The molecule has 1 aliphatic heterocycles. The van der Waals surface area contributed by atoms with Gasteiger partial charge in [-0.1, -0.05) is 36.4 Å². The van der Waals surface area contributed by atoms with Crippen molar-refractivity contribution in [1.82, 2.24) is 4.72 Å². The number of nitrogens with one attached hydrogen (secondary N) is 1. The molecule has 1 aliphatic rings. The summed E-state index contributed by atoms with van der Waals surface area (Å²) in [5.41, 5.74) is 2.21. The van der Waals surface area contributed by atoms with Crippen molar-refractivity contribution < 1.29 is 8.42 Å². The normalized spacial score (nSPS) is 15.6. The molecule has 5 heteroatoms. The molecule has 1 fully saturated rings. The van der Waals surface area contributed by atoms with Crippen LogP contribution in [-0.2, 0) is 10.0 Å². The number of anilines is 1. The van der Waals surface area contributed by atoms with Crippen LogP contribution in [0.2, 0.25) is 0 Å². The van der Waals surface area contributed by atoms with E-state index in [1.807, 2.05) is 63.2 Å². The Morgan fingerprint density at radius 3 is 2.16 bits per heavy atom. The predicted octanol–water partition coefficient (Wildman–Crippen LogP) is 4.03. The standard InChI is InChI=1S/C20H26N2O2S/c1-20(2,3)21-25(23,24)19-15-17(16-9-5-4-6-10-16)11-12-18(19)22-13-7-8-14-22/h4-6,9-12,15,21H,7-8,13-14H2,1-3H3. The first-order valence-electron chi connectivity index (χ1n) is 8.75. The van der Waals surface area contributed by atoms with E-state index in [0.29, 0.717) is 4.90 Å². The summed E-state index contributed by atoms with van der Waals surface area (Å²) in [5, 5.41) is 0. The summed E-state index contributed by atoms with van der Waals surface area (Å²) in [6.45, 7) is 7.40. The highest BCUT2D eigenvalue weighted by molar-refractivity contribution is 7.89. The maximum atomic E-state index is 13.1. The molecule has 0 unspecified atom stereocenters. The van der Waals surface area contributed by atoms with Crippen LogP contribution in [0.4, 0.5) is 5.69 Å². The molecule has 25 heavy (non-hydrogen) atoms. The molecule has 3 rings (SSSR count). The Hall–Kier alpha value is -1.85. The van der Waals surface area contributed by atoms with E-state index in [1.165, 1.54) is 0 Å². The Labute approximate surface area is 150 Å². The van der Waals surface area contributed by atoms with Crippen molar-refractivity contribution in [2.45, 2.75) is 44.0 Å². The van der Waals surface area contributed by atoms with Crippen molar-refractivity contribution in [2.75, 3.05) is 18.0 Å². The third-order valence-corrected chi connectivity index (χ3v) is 6.03. The average Bonchev–Trinajstić information content (AvgIpc) is 3.07. The van der Waals surface area contributed by atoms with Gasteiger partial charge in [0.05, 0.1) is 5.69 Å². The first-order chi connectivity index (χ1) is 11.8. The van der Waals surface area contributed by atoms with Crippen molar-refractivity contribution in [1.29, 1.82) is 0 Å².